The molecule has 1 heterocycles. The van der Waals surface area contributed by atoms with E-state index in [0.717, 1.165) is 19.6 Å². The molecule has 0 amide bonds. The smallest absolute Gasteiger partial charge is 0.0952 e. The number of aliphatic hydroxyl groups excluding tert-OH is 1. The van der Waals surface area contributed by atoms with E-state index in [4.69, 9.17) is 10.4 Å². The van der Waals surface area contributed by atoms with Crippen molar-refractivity contribution in [2.75, 3.05) is 26.2 Å². The lowest BCUT2D eigenvalue weighted by molar-refractivity contribution is 0.0232. The maximum absolute atomic E-state index is 8.94. The first-order valence-electron chi connectivity index (χ1n) is 5.60. The Hall–Kier alpha value is -0.630. The molecule has 1 N–H and O–H groups in total. The van der Waals surface area contributed by atoms with Crippen molar-refractivity contribution >= 4 is 0 Å². The van der Waals surface area contributed by atoms with Gasteiger partial charge in [-0.2, -0.15) is 5.26 Å². The SMILES string of the molecule is C[C@@H]1CN([C@H](C)C#N)[C@@H](C)CN1CCO. The molecule has 1 saturated heterocycles. The second kappa shape index (κ2) is 5.45. The van der Waals surface area contributed by atoms with Crippen molar-refractivity contribution in [1.82, 2.24) is 9.80 Å². The Kier molecular flexibility index (Phi) is 4.52. The van der Waals surface area contributed by atoms with Crippen LogP contribution in [-0.2, 0) is 0 Å². The van der Waals surface area contributed by atoms with E-state index in [1.54, 1.807) is 0 Å². The number of hydrogen-bond donors (Lipinski definition) is 1. The second-order valence-electron chi connectivity index (χ2n) is 4.42. The molecule has 0 saturated carbocycles. The third kappa shape index (κ3) is 2.91. The first kappa shape index (κ1) is 12.4. The van der Waals surface area contributed by atoms with Gasteiger partial charge in [-0.1, -0.05) is 0 Å². The van der Waals surface area contributed by atoms with E-state index in [-0.39, 0.29) is 12.6 Å². The highest BCUT2D eigenvalue weighted by Gasteiger charge is 2.31. The Bertz CT molecular complexity index is 238. The number of nitrogens with zero attached hydrogens (tertiary/aromatic N) is 3. The van der Waals surface area contributed by atoms with Gasteiger partial charge in [0.25, 0.3) is 0 Å². The molecule has 4 heteroatoms. The zero-order valence-corrected chi connectivity index (χ0v) is 9.85. The van der Waals surface area contributed by atoms with E-state index in [9.17, 15) is 0 Å². The monoisotopic (exact) mass is 211 g/mol. The minimum atomic E-state index is -0.0151. The lowest BCUT2D eigenvalue weighted by Crippen LogP contribution is -2.58. The van der Waals surface area contributed by atoms with Crippen LogP contribution in [0.15, 0.2) is 0 Å². The topological polar surface area (TPSA) is 50.5 Å². The molecule has 1 aliphatic rings. The van der Waals surface area contributed by atoms with Crippen LogP contribution in [0, 0.1) is 11.3 Å². The number of nitriles is 1. The van der Waals surface area contributed by atoms with Crippen molar-refractivity contribution in [2.45, 2.75) is 38.9 Å². The lowest BCUT2D eigenvalue weighted by Gasteiger charge is -2.45. The third-order valence-electron chi connectivity index (χ3n) is 3.23. The van der Waals surface area contributed by atoms with E-state index in [1.165, 1.54) is 0 Å². The molecular weight excluding hydrogens is 190 g/mol. The summed E-state index contributed by atoms with van der Waals surface area (Å²) in [5.41, 5.74) is 0. The van der Waals surface area contributed by atoms with Crippen LogP contribution in [0.3, 0.4) is 0 Å². The first-order chi connectivity index (χ1) is 7.10. The molecule has 0 aromatic rings. The van der Waals surface area contributed by atoms with Gasteiger partial charge in [-0.25, -0.2) is 0 Å². The van der Waals surface area contributed by atoms with Crippen LogP contribution in [0.1, 0.15) is 20.8 Å². The Morgan fingerprint density at radius 2 is 2.07 bits per heavy atom. The summed E-state index contributed by atoms with van der Waals surface area (Å²) in [7, 11) is 0. The Morgan fingerprint density at radius 3 is 2.60 bits per heavy atom. The summed E-state index contributed by atoms with van der Waals surface area (Å²) < 4.78 is 0. The quantitative estimate of drug-likeness (QED) is 0.729. The van der Waals surface area contributed by atoms with Gasteiger partial charge >= 0.3 is 0 Å². The molecule has 0 aromatic carbocycles. The molecule has 0 spiro atoms. The van der Waals surface area contributed by atoms with Crippen molar-refractivity contribution in [3.63, 3.8) is 0 Å². The summed E-state index contributed by atoms with van der Waals surface area (Å²) >= 11 is 0. The van der Waals surface area contributed by atoms with Crippen molar-refractivity contribution in [3.8, 4) is 6.07 Å². The largest absolute Gasteiger partial charge is 0.395 e. The van der Waals surface area contributed by atoms with E-state index in [2.05, 4.69) is 29.7 Å². The molecule has 1 fully saturated rings. The minimum absolute atomic E-state index is 0.0151. The van der Waals surface area contributed by atoms with Gasteiger partial charge in [-0.05, 0) is 20.8 Å². The number of piperazine rings is 1. The Balaban J connectivity index is 2.59. The summed E-state index contributed by atoms with van der Waals surface area (Å²) in [6, 6.07) is 3.09. The number of aliphatic hydroxyl groups is 1. The molecular formula is C11H21N3O. The molecule has 0 unspecified atom stereocenters. The normalized spacial score (nSPS) is 31.1. The second-order valence-corrected chi connectivity index (χ2v) is 4.42. The predicted molar refractivity (Wildman–Crippen MR) is 59.4 cm³/mol. The van der Waals surface area contributed by atoms with Crippen LogP contribution in [0.5, 0.6) is 0 Å². The molecule has 0 radical (unpaired) electrons. The molecule has 4 nitrogen and oxygen atoms in total. The van der Waals surface area contributed by atoms with Gasteiger partial charge in [-0.3, -0.25) is 9.80 Å². The fourth-order valence-corrected chi connectivity index (χ4v) is 2.28. The van der Waals surface area contributed by atoms with Gasteiger partial charge in [0.15, 0.2) is 0 Å². The standard InChI is InChI=1S/C11H21N3O/c1-9(6-12)14-8-10(2)13(4-5-15)7-11(14)3/h9-11,15H,4-5,7-8H2,1-3H3/t9-,10-,11+/m1/s1. The maximum Gasteiger partial charge on any atom is 0.0952 e. The molecule has 86 valence electrons. The van der Waals surface area contributed by atoms with Crippen molar-refractivity contribution in [2.24, 2.45) is 0 Å². The fraction of sp³-hybridized carbons (Fsp3) is 0.909. The summed E-state index contributed by atoms with van der Waals surface area (Å²) in [6.07, 6.45) is 0. The zero-order chi connectivity index (χ0) is 11.4. The summed E-state index contributed by atoms with van der Waals surface area (Å²) in [5, 5.41) is 17.9. The number of hydrogen-bond acceptors (Lipinski definition) is 4. The van der Waals surface area contributed by atoms with Crippen LogP contribution < -0.4 is 0 Å². The van der Waals surface area contributed by atoms with Crippen LogP contribution in [0.2, 0.25) is 0 Å². The zero-order valence-electron chi connectivity index (χ0n) is 9.85. The van der Waals surface area contributed by atoms with Gasteiger partial charge < -0.3 is 5.11 Å². The van der Waals surface area contributed by atoms with E-state index in [0.29, 0.717) is 12.1 Å². The van der Waals surface area contributed by atoms with Gasteiger partial charge in [0.05, 0.1) is 18.7 Å². The van der Waals surface area contributed by atoms with Crippen LogP contribution in [0.4, 0.5) is 0 Å². The average molecular weight is 211 g/mol. The van der Waals surface area contributed by atoms with Gasteiger partial charge in [0.1, 0.15) is 0 Å². The lowest BCUT2D eigenvalue weighted by atomic mass is 10.1. The molecule has 1 aliphatic heterocycles. The summed E-state index contributed by atoms with van der Waals surface area (Å²) in [4.78, 5) is 4.52. The van der Waals surface area contributed by atoms with Gasteiger partial charge in [0, 0.05) is 31.7 Å². The summed E-state index contributed by atoms with van der Waals surface area (Å²) in [5.74, 6) is 0. The molecule has 0 bridgehead atoms. The molecule has 0 aliphatic carbocycles. The fourth-order valence-electron chi connectivity index (χ4n) is 2.28. The molecule has 3 atom stereocenters. The van der Waals surface area contributed by atoms with E-state index < -0.39 is 0 Å². The molecule has 15 heavy (non-hydrogen) atoms. The maximum atomic E-state index is 8.94. The van der Waals surface area contributed by atoms with Crippen molar-refractivity contribution in [3.05, 3.63) is 0 Å². The number of β-amino-alcohol motifs (C(OH)–C–C–N with tert-alkyl or cyclic N) is 1. The molecule has 1 rings (SSSR count). The van der Waals surface area contributed by atoms with Crippen molar-refractivity contribution < 1.29 is 5.11 Å². The first-order valence-corrected chi connectivity index (χ1v) is 5.60. The third-order valence-corrected chi connectivity index (χ3v) is 3.23. The van der Waals surface area contributed by atoms with Crippen molar-refractivity contribution in [1.29, 1.82) is 5.26 Å². The van der Waals surface area contributed by atoms with Crippen LogP contribution in [-0.4, -0.2) is 59.3 Å². The van der Waals surface area contributed by atoms with Gasteiger partial charge in [-0.15, -0.1) is 0 Å². The Labute approximate surface area is 92.1 Å². The highest BCUT2D eigenvalue weighted by atomic mass is 16.3. The van der Waals surface area contributed by atoms with E-state index >= 15 is 0 Å². The van der Waals surface area contributed by atoms with E-state index in [1.807, 2.05) is 6.92 Å². The minimum Gasteiger partial charge on any atom is -0.395 e. The molecule has 0 aromatic heterocycles. The average Bonchev–Trinajstić information content (AvgIpc) is 2.22. The summed E-state index contributed by atoms with van der Waals surface area (Å²) in [6.45, 7) is 9.04. The highest BCUT2D eigenvalue weighted by molar-refractivity contribution is 4.95. The highest BCUT2D eigenvalue weighted by Crippen LogP contribution is 2.17. The van der Waals surface area contributed by atoms with Gasteiger partial charge in [0.2, 0.25) is 0 Å². The van der Waals surface area contributed by atoms with Crippen LogP contribution in [0.25, 0.3) is 0 Å². The number of rotatable bonds is 3. The predicted octanol–water partition coefficient (Wildman–Crippen LogP) is 0.285. The Morgan fingerprint density at radius 1 is 1.40 bits per heavy atom. The van der Waals surface area contributed by atoms with Crippen LogP contribution >= 0.6 is 0 Å².